The summed E-state index contributed by atoms with van der Waals surface area (Å²) in [7, 11) is 0. The third-order valence-electron chi connectivity index (χ3n) is 3.57. The van der Waals surface area contributed by atoms with Crippen molar-refractivity contribution >= 4 is 17.9 Å². The van der Waals surface area contributed by atoms with E-state index in [1.807, 2.05) is 13.8 Å². The molecule has 0 saturated heterocycles. The number of hydrogen-bond donors (Lipinski definition) is 3. The predicted octanol–water partition coefficient (Wildman–Crippen LogP) is 1.69. The predicted molar refractivity (Wildman–Crippen MR) is 82.7 cm³/mol. The molecule has 0 aliphatic carbocycles. The van der Waals surface area contributed by atoms with E-state index in [2.05, 4.69) is 6.58 Å². The molecule has 0 spiro atoms. The number of hydrogen-bond acceptors (Lipinski definition) is 5. The van der Waals surface area contributed by atoms with E-state index in [-0.39, 0.29) is 18.8 Å². The summed E-state index contributed by atoms with van der Waals surface area (Å²) >= 11 is 0. The molecule has 0 radical (unpaired) electrons. The Kier molecular flexibility index (Phi) is 9.17. The first-order chi connectivity index (χ1) is 10.6. The number of carboxylic acids is 2. The van der Waals surface area contributed by atoms with E-state index in [1.54, 1.807) is 6.92 Å². The van der Waals surface area contributed by atoms with Gasteiger partial charge < -0.3 is 20.1 Å². The van der Waals surface area contributed by atoms with E-state index in [0.717, 1.165) is 6.08 Å². The average Bonchev–Trinajstić information content (AvgIpc) is 2.44. The van der Waals surface area contributed by atoms with Gasteiger partial charge in [-0.25, -0.2) is 4.79 Å². The lowest BCUT2D eigenvalue weighted by Crippen LogP contribution is -2.40. The van der Waals surface area contributed by atoms with Crippen LogP contribution in [0.3, 0.4) is 0 Å². The van der Waals surface area contributed by atoms with Crippen molar-refractivity contribution in [3.05, 3.63) is 12.7 Å². The van der Waals surface area contributed by atoms with Gasteiger partial charge in [0.2, 0.25) is 0 Å². The molecule has 132 valence electrons. The summed E-state index contributed by atoms with van der Waals surface area (Å²) in [5.41, 5.74) is 0. The first-order valence-electron chi connectivity index (χ1n) is 7.60. The molecule has 4 atom stereocenters. The van der Waals surface area contributed by atoms with Crippen LogP contribution in [0, 0.1) is 17.8 Å². The molecule has 3 N–H and O–H groups in total. The summed E-state index contributed by atoms with van der Waals surface area (Å²) in [6, 6.07) is 0. The van der Waals surface area contributed by atoms with Gasteiger partial charge in [-0.15, -0.1) is 0 Å². The monoisotopic (exact) mass is 330 g/mol. The van der Waals surface area contributed by atoms with E-state index in [4.69, 9.17) is 4.74 Å². The van der Waals surface area contributed by atoms with Crippen molar-refractivity contribution in [2.24, 2.45) is 17.8 Å². The Morgan fingerprint density at radius 3 is 2.04 bits per heavy atom. The second kappa shape index (κ2) is 9.99. The lowest BCUT2D eigenvalue weighted by atomic mass is 9.81. The van der Waals surface area contributed by atoms with Crippen molar-refractivity contribution < 1.29 is 34.4 Å². The van der Waals surface area contributed by atoms with Crippen LogP contribution in [0.15, 0.2) is 12.7 Å². The van der Waals surface area contributed by atoms with Crippen LogP contribution in [0.1, 0.15) is 40.0 Å². The largest absolute Gasteiger partial charge is 0.481 e. The third kappa shape index (κ3) is 7.27. The number of carbonyl (C=O) groups is 3. The van der Waals surface area contributed by atoms with Crippen molar-refractivity contribution in [3.8, 4) is 0 Å². The Bertz CT molecular complexity index is 430. The first-order valence-corrected chi connectivity index (χ1v) is 7.60. The third-order valence-corrected chi connectivity index (χ3v) is 3.57. The maximum absolute atomic E-state index is 11.5. The first kappa shape index (κ1) is 21.1. The highest BCUT2D eigenvalue weighted by atomic mass is 16.5. The van der Waals surface area contributed by atoms with Gasteiger partial charge in [0.05, 0.1) is 17.9 Å². The summed E-state index contributed by atoms with van der Waals surface area (Å²) in [6.45, 7) is 8.61. The van der Waals surface area contributed by atoms with Gasteiger partial charge in [0, 0.05) is 6.08 Å². The molecule has 0 bridgehead atoms. The van der Waals surface area contributed by atoms with Gasteiger partial charge in [-0.1, -0.05) is 27.4 Å². The van der Waals surface area contributed by atoms with Gasteiger partial charge in [0.1, 0.15) is 6.10 Å². The molecule has 0 aliphatic rings. The molecular formula is C16H26O7. The molecule has 0 rings (SSSR count). The molecule has 7 nitrogen and oxygen atoms in total. The van der Waals surface area contributed by atoms with Crippen molar-refractivity contribution in [2.45, 2.75) is 52.2 Å². The number of carbonyl (C=O) groups excluding carboxylic acids is 1. The summed E-state index contributed by atoms with van der Waals surface area (Å²) in [6.07, 6.45) is -0.754. The van der Waals surface area contributed by atoms with E-state index >= 15 is 0 Å². The van der Waals surface area contributed by atoms with Crippen LogP contribution in [0.2, 0.25) is 0 Å². The van der Waals surface area contributed by atoms with Gasteiger partial charge in [-0.3, -0.25) is 9.59 Å². The minimum Gasteiger partial charge on any atom is -0.481 e. The maximum atomic E-state index is 11.5. The van der Waals surface area contributed by atoms with Gasteiger partial charge in [0.15, 0.2) is 0 Å². The molecule has 0 saturated carbocycles. The smallest absolute Gasteiger partial charge is 0.330 e. The second-order valence-electron chi connectivity index (χ2n) is 5.91. The van der Waals surface area contributed by atoms with Crippen LogP contribution in [0.4, 0.5) is 0 Å². The van der Waals surface area contributed by atoms with Gasteiger partial charge >= 0.3 is 17.9 Å². The van der Waals surface area contributed by atoms with E-state index in [1.165, 1.54) is 0 Å². The number of rotatable bonds is 11. The van der Waals surface area contributed by atoms with Crippen molar-refractivity contribution in [1.82, 2.24) is 0 Å². The zero-order valence-corrected chi connectivity index (χ0v) is 13.8. The normalized spacial score (nSPS) is 16.2. The van der Waals surface area contributed by atoms with E-state index in [9.17, 15) is 29.7 Å². The molecule has 4 unspecified atom stereocenters. The van der Waals surface area contributed by atoms with E-state index < -0.39 is 42.0 Å². The summed E-state index contributed by atoms with van der Waals surface area (Å²) < 4.78 is 5.14. The number of aliphatic carboxylic acids is 2. The molecule has 0 aromatic carbocycles. The van der Waals surface area contributed by atoms with Crippen LogP contribution in [0.25, 0.3) is 0 Å². The minimum atomic E-state index is -1.46. The minimum absolute atomic E-state index is 0.113. The lowest BCUT2D eigenvalue weighted by Gasteiger charge is -2.28. The zero-order chi connectivity index (χ0) is 18.2. The highest BCUT2D eigenvalue weighted by Crippen LogP contribution is 2.27. The number of ether oxygens (including phenoxy) is 1. The molecule has 7 heteroatoms. The SMILES string of the molecule is C=CC(=O)OC(CC(C)C)CC(C(=O)O)C(C(=O)O)C(O)CC. The lowest BCUT2D eigenvalue weighted by molar-refractivity contribution is -0.162. The Morgan fingerprint density at radius 2 is 1.70 bits per heavy atom. The Balaban J connectivity index is 5.37. The van der Waals surface area contributed by atoms with Crippen LogP contribution in [-0.4, -0.2) is 45.4 Å². The standard InChI is InChI=1S/C16H26O7/c1-5-12(17)14(16(21)22)11(15(19)20)8-10(7-9(3)4)23-13(18)6-2/h6,9-12,14,17H,2,5,7-8H2,1,3-4H3,(H,19,20)(H,21,22). The van der Waals surface area contributed by atoms with Crippen molar-refractivity contribution in [3.63, 3.8) is 0 Å². The fourth-order valence-corrected chi connectivity index (χ4v) is 2.47. The second-order valence-corrected chi connectivity index (χ2v) is 5.91. The highest BCUT2D eigenvalue weighted by molar-refractivity contribution is 5.82. The fraction of sp³-hybridized carbons (Fsp3) is 0.688. The Morgan fingerprint density at radius 1 is 1.13 bits per heavy atom. The Labute approximate surface area is 136 Å². The van der Waals surface area contributed by atoms with E-state index in [0.29, 0.717) is 6.42 Å². The van der Waals surface area contributed by atoms with Crippen LogP contribution >= 0.6 is 0 Å². The molecule has 0 aliphatic heterocycles. The van der Waals surface area contributed by atoms with Crippen molar-refractivity contribution in [1.29, 1.82) is 0 Å². The van der Waals surface area contributed by atoms with Gasteiger partial charge in [-0.2, -0.15) is 0 Å². The molecule has 0 fully saturated rings. The van der Waals surface area contributed by atoms with Gasteiger partial charge in [0.25, 0.3) is 0 Å². The maximum Gasteiger partial charge on any atom is 0.330 e. The molecule has 23 heavy (non-hydrogen) atoms. The van der Waals surface area contributed by atoms with Crippen LogP contribution in [0.5, 0.6) is 0 Å². The number of carboxylic acid groups (broad SMARTS) is 2. The molecule has 0 amide bonds. The molecule has 0 heterocycles. The molecule has 0 aromatic heterocycles. The Hall–Kier alpha value is -1.89. The van der Waals surface area contributed by atoms with Gasteiger partial charge in [-0.05, 0) is 25.2 Å². The number of aliphatic hydroxyl groups is 1. The van der Waals surface area contributed by atoms with Crippen LogP contribution in [-0.2, 0) is 19.1 Å². The summed E-state index contributed by atoms with van der Waals surface area (Å²) in [5.74, 6) is -6.12. The highest BCUT2D eigenvalue weighted by Gasteiger charge is 2.40. The molecule has 0 aromatic rings. The quantitative estimate of drug-likeness (QED) is 0.389. The summed E-state index contributed by atoms with van der Waals surface area (Å²) in [4.78, 5) is 34.3. The number of esters is 1. The topological polar surface area (TPSA) is 121 Å². The summed E-state index contributed by atoms with van der Waals surface area (Å²) in [5, 5.41) is 28.5. The number of aliphatic hydroxyl groups excluding tert-OH is 1. The zero-order valence-electron chi connectivity index (χ0n) is 13.8. The van der Waals surface area contributed by atoms with Crippen molar-refractivity contribution in [2.75, 3.05) is 0 Å². The average molecular weight is 330 g/mol. The fourth-order valence-electron chi connectivity index (χ4n) is 2.47. The molecular weight excluding hydrogens is 304 g/mol. The van der Waals surface area contributed by atoms with Crippen LogP contribution < -0.4 is 0 Å².